The molecule has 2 fully saturated rings. The predicted molar refractivity (Wildman–Crippen MR) is 74.4 cm³/mol. The van der Waals surface area contributed by atoms with Gasteiger partial charge in [-0.3, -0.25) is 4.79 Å². The van der Waals surface area contributed by atoms with Gasteiger partial charge in [-0.15, -0.1) is 0 Å². The Morgan fingerprint density at radius 1 is 1.06 bits per heavy atom. The molecular weight excluding hydrogens is 224 g/mol. The van der Waals surface area contributed by atoms with Crippen molar-refractivity contribution in [1.29, 1.82) is 0 Å². The summed E-state index contributed by atoms with van der Waals surface area (Å²) in [5.41, 5.74) is 0. The zero-order valence-electron chi connectivity index (χ0n) is 12.1. The van der Waals surface area contributed by atoms with E-state index in [0.29, 0.717) is 18.0 Å². The van der Waals surface area contributed by atoms with Crippen molar-refractivity contribution < 1.29 is 4.79 Å². The van der Waals surface area contributed by atoms with E-state index in [9.17, 15) is 4.79 Å². The maximum Gasteiger partial charge on any atom is 0.239 e. The lowest BCUT2D eigenvalue weighted by Crippen LogP contribution is -2.53. The van der Waals surface area contributed by atoms with E-state index >= 15 is 0 Å². The molecule has 1 heterocycles. The number of hydrogen-bond donors (Lipinski definition) is 1. The number of carbonyl (C=O) groups is 1. The molecule has 2 rings (SSSR count). The van der Waals surface area contributed by atoms with Crippen LogP contribution in [0.4, 0.5) is 0 Å². The first-order chi connectivity index (χ1) is 8.58. The van der Waals surface area contributed by atoms with E-state index in [1.165, 1.54) is 38.5 Å². The summed E-state index contributed by atoms with van der Waals surface area (Å²) < 4.78 is 0. The molecule has 1 saturated heterocycles. The summed E-state index contributed by atoms with van der Waals surface area (Å²) in [5.74, 6) is 1.17. The first kappa shape index (κ1) is 13.9. The van der Waals surface area contributed by atoms with E-state index in [1.807, 2.05) is 11.9 Å². The maximum absolute atomic E-state index is 12.5. The number of rotatable bonds is 2. The molecule has 0 aromatic carbocycles. The Kier molecular flexibility index (Phi) is 4.66. The second-order valence-electron chi connectivity index (χ2n) is 6.41. The van der Waals surface area contributed by atoms with Crippen LogP contribution in [-0.4, -0.2) is 36.0 Å². The summed E-state index contributed by atoms with van der Waals surface area (Å²) in [6, 6.07) is 1.04. The minimum absolute atomic E-state index is 0.0677. The second-order valence-corrected chi connectivity index (χ2v) is 6.41. The first-order valence-electron chi connectivity index (χ1n) is 7.60. The molecule has 3 heteroatoms. The number of amides is 1. The molecule has 1 amide bonds. The topological polar surface area (TPSA) is 32.3 Å². The molecule has 2 unspecified atom stereocenters. The monoisotopic (exact) mass is 252 g/mol. The molecule has 0 radical (unpaired) electrons. The highest BCUT2D eigenvalue weighted by molar-refractivity contribution is 5.82. The zero-order valence-corrected chi connectivity index (χ0v) is 12.1. The normalized spacial score (nSPS) is 37.3. The van der Waals surface area contributed by atoms with Gasteiger partial charge in [0.1, 0.15) is 0 Å². The van der Waals surface area contributed by atoms with Gasteiger partial charge in [0.2, 0.25) is 5.91 Å². The van der Waals surface area contributed by atoms with Crippen molar-refractivity contribution in [3.05, 3.63) is 0 Å². The Morgan fingerprint density at radius 3 is 2.33 bits per heavy atom. The number of nitrogens with zero attached hydrogens (tertiary/aromatic N) is 1. The molecule has 0 aromatic heterocycles. The van der Waals surface area contributed by atoms with Crippen molar-refractivity contribution in [1.82, 2.24) is 10.2 Å². The van der Waals surface area contributed by atoms with Crippen LogP contribution in [0.2, 0.25) is 0 Å². The molecular formula is C15H28N2O. The second kappa shape index (κ2) is 6.05. The highest BCUT2D eigenvalue weighted by atomic mass is 16.2. The highest BCUT2D eigenvalue weighted by Gasteiger charge is 2.31. The summed E-state index contributed by atoms with van der Waals surface area (Å²) in [4.78, 5) is 14.5. The number of nitrogens with one attached hydrogen (secondary N) is 1. The van der Waals surface area contributed by atoms with E-state index in [0.717, 1.165) is 12.3 Å². The summed E-state index contributed by atoms with van der Waals surface area (Å²) >= 11 is 0. The molecule has 2 aliphatic rings. The summed E-state index contributed by atoms with van der Waals surface area (Å²) in [7, 11) is 2.00. The van der Waals surface area contributed by atoms with Crippen molar-refractivity contribution in [3.8, 4) is 0 Å². The van der Waals surface area contributed by atoms with Crippen LogP contribution in [0.3, 0.4) is 0 Å². The zero-order chi connectivity index (χ0) is 13.1. The van der Waals surface area contributed by atoms with Crippen LogP contribution in [0.15, 0.2) is 0 Å². The largest absolute Gasteiger partial charge is 0.341 e. The third-order valence-electron chi connectivity index (χ3n) is 4.79. The van der Waals surface area contributed by atoms with Gasteiger partial charge < -0.3 is 10.2 Å². The number of piperidine rings is 1. The lowest BCUT2D eigenvalue weighted by molar-refractivity contribution is -0.135. The van der Waals surface area contributed by atoms with Crippen LogP contribution in [0.1, 0.15) is 58.8 Å². The Balaban J connectivity index is 1.87. The quantitative estimate of drug-likeness (QED) is 0.819. The molecule has 1 aliphatic heterocycles. The average Bonchev–Trinajstić information content (AvgIpc) is 2.38. The number of likely N-dealkylation sites (N-methyl/N-ethyl adjacent to an activating group) is 1. The van der Waals surface area contributed by atoms with E-state index in [1.54, 1.807) is 0 Å². The molecule has 1 aliphatic carbocycles. The van der Waals surface area contributed by atoms with Gasteiger partial charge >= 0.3 is 0 Å². The van der Waals surface area contributed by atoms with Crippen LogP contribution in [0.25, 0.3) is 0 Å². The van der Waals surface area contributed by atoms with Crippen molar-refractivity contribution in [3.63, 3.8) is 0 Å². The summed E-state index contributed by atoms with van der Waals surface area (Å²) in [6.45, 7) is 4.50. The van der Waals surface area contributed by atoms with Gasteiger partial charge in [0.25, 0.3) is 0 Å². The fraction of sp³-hybridized carbons (Fsp3) is 0.933. The molecule has 18 heavy (non-hydrogen) atoms. The molecule has 0 spiro atoms. The summed E-state index contributed by atoms with van der Waals surface area (Å²) in [6.07, 6.45) is 8.32. The fourth-order valence-electron chi connectivity index (χ4n) is 3.39. The van der Waals surface area contributed by atoms with E-state index < -0.39 is 0 Å². The smallest absolute Gasteiger partial charge is 0.239 e. The Morgan fingerprint density at radius 2 is 1.72 bits per heavy atom. The Labute approximate surface area is 111 Å². The van der Waals surface area contributed by atoms with E-state index in [4.69, 9.17) is 0 Å². The Hall–Kier alpha value is -0.570. The van der Waals surface area contributed by atoms with Gasteiger partial charge in [0, 0.05) is 19.1 Å². The molecule has 2 atom stereocenters. The lowest BCUT2D eigenvalue weighted by Gasteiger charge is -2.37. The lowest BCUT2D eigenvalue weighted by atomic mass is 9.86. The SMILES string of the molecule is CC1CCC(N(C)C(=O)C2CCCC(C)N2)CC1. The standard InChI is InChI=1S/C15H28N2O/c1-11-7-9-13(10-8-11)17(3)15(18)14-6-4-5-12(2)16-14/h11-14,16H,4-10H2,1-3H3. The van der Waals surface area contributed by atoms with E-state index in [2.05, 4.69) is 19.2 Å². The minimum atomic E-state index is 0.0677. The fourth-order valence-corrected chi connectivity index (χ4v) is 3.39. The van der Waals surface area contributed by atoms with Crippen LogP contribution in [-0.2, 0) is 4.79 Å². The van der Waals surface area contributed by atoms with Crippen molar-refractivity contribution in [2.45, 2.75) is 76.9 Å². The van der Waals surface area contributed by atoms with Crippen LogP contribution < -0.4 is 5.32 Å². The third-order valence-corrected chi connectivity index (χ3v) is 4.79. The van der Waals surface area contributed by atoms with Crippen molar-refractivity contribution in [2.75, 3.05) is 7.05 Å². The van der Waals surface area contributed by atoms with Crippen molar-refractivity contribution in [2.24, 2.45) is 5.92 Å². The van der Waals surface area contributed by atoms with Crippen molar-refractivity contribution >= 4 is 5.91 Å². The number of hydrogen-bond acceptors (Lipinski definition) is 2. The van der Waals surface area contributed by atoms with Crippen LogP contribution >= 0.6 is 0 Å². The van der Waals surface area contributed by atoms with Gasteiger partial charge in [0.15, 0.2) is 0 Å². The molecule has 0 aromatic rings. The molecule has 0 bridgehead atoms. The Bertz CT molecular complexity index is 284. The first-order valence-corrected chi connectivity index (χ1v) is 7.60. The van der Waals surface area contributed by atoms with Gasteiger partial charge in [-0.25, -0.2) is 0 Å². The number of carbonyl (C=O) groups excluding carboxylic acids is 1. The highest BCUT2D eigenvalue weighted by Crippen LogP contribution is 2.27. The molecule has 1 N–H and O–H groups in total. The van der Waals surface area contributed by atoms with Gasteiger partial charge in [0.05, 0.1) is 6.04 Å². The summed E-state index contributed by atoms with van der Waals surface area (Å²) in [5, 5.41) is 3.45. The third kappa shape index (κ3) is 3.25. The van der Waals surface area contributed by atoms with Crippen LogP contribution in [0.5, 0.6) is 0 Å². The van der Waals surface area contributed by atoms with Gasteiger partial charge in [-0.1, -0.05) is 6.92 Å². The van der Waals surface area contributed by atoms with E-state index in [-0.39, 0.29) is 6.04 Å². The molecule has 3 nitrogen and oxygen atoms in total. The minimum Gasteiger partial charge on any atom is -0.341 e. The molecule has 104 valence electrons. The van der Waals surface area contributed by atoms with Gasteiger partial charge in [-0.2, -0.15) is 0 Å². The molecule has 1 saturated carbocycles. The van der Waals surface area contributed by atoms with Crippen LogP contribution in [0, 0.1) is 5.92 Å². The maximum atomic E-state index is 12.5. The predicted octanol–water partition coefficient (Wildman–Crippen LogP) is 2.55. The average molecular weight is 252 g/mol. The van der Waals surface area contributed by atoms with Gasteiger partial charge in [-0.05, 0) is 57.8 Å².